The number of sulfonamides is 1. The summed E-state index contributed by atoms with van der Waals surface area (Å²) in [4.78, 5) is 22.6. The molecule has 1 aromatic heterocycles. The highest BCUT2D eigenvalue weighted by Gasteiger charge is 2.35. The van der Waals surface area contributed by atoms with Gasteiger partial charge in [0.25, 0.3) is 0 Å². The summed E-state index contributed by atoms with van der Waals surface area (Å²) in [5.41, 5.74) is 3.20. The van der Waals surface area contributed by atoms with Crippen LogP contribution < -0.4 is 4.90 Å². The number of likely N-dealkylation sites (N-methyl/N-ethyl adjacent to an activating group) is 1. The van der Waals surface area contributed by atoms with E-state index < -0.39 is 10.0 Å². The minimum absolute atomic E-state index is 0.0174. The Morgan fingerprint density at radius 2 is 1.77 bits per heavy atom. The van der Waals surface area contributed by atoms with Gasteiger partial charge in [0.15, 0.2) is 5.13 Å². The first-order valence-corrected chi connectivity index (χ1v) is 14.3. The molecule has 0 unspecified atom stereocenters. The molecule has 0 aliphatic carbocycles. The fraction of sp³-hybridized carbons (Fsp3) is 0.440. The molecule has 0 atom stereocenters. The summed E-state index contributed by atoms with van der Waals surface area (Å²) in [6.07, 6.45) is 0.959. The van der Waals surface area contributed by atoms with Crippen molar-refractivity contribution in [2.45, 2.75) is 31.6 Å². The van der Waals surface area contributed by atoms with Crippen molar-refractivity contribution < 1.29 is 13.2 Å². The number of hydrogen-bond acceptors (Lipinski definition) is 6. The zero-order chi connectivity index (χ0) is 25.3. The van der Waals surface area contributed by atoms with Crippen LogP contribution in [0.2, 0.25) is 5.02 Å². The number of amides is 1. The van der Waals surface area contributed by atoms with E-state index in [1.165, 1.54) is 33.3 Å². The third kappa shape index (κ3) is 5.70. The third-order valence-corrected chi connectivity index (χ3v) is 9.53. The molecule has 1 amide bonds. The number of fused-ring (bicyclic) bond motifs is 1. The first-order valence-electron chi connectivity index (χ1n) is 11.7. The minimum atomic E-state index is -3.62. The van der Waals surface area contributed by atoms with Gasteiger partial charge in [-0.2, -0.15) is 4.31 Å². The Bertz CT molecular complexity index is 1310. The Kier molecular flexibility index (Phi) is 7.83. The first-order chi connectivity index (χ1) is 16.6. The highest BCUT2D eigenvalue weighted by atomic mass is 35.5. The Balaban J connectivity index is 1.52. The molecule has 2 aromatic carbocycles. The van der Waals surface area contributed by atoms with Crippen LogP contribution in [0.4, 0.5) is 5.13 Å². The number of benzene rings is 2. The standard InChI is InChI=1S/C25H31ClN4O3S2/c1-17-15-18(2)23-22(16-17)34-25(27-23)30(14-13-28(3)4)24(31)19-9-11-29(12-10-19)35(32,33)21-7-5-20(26)6-8-21/h5-8,15-16,19H,9-14H2,1-4H3. The van der Waals surface area contributed by atoms with E-state index in [2.05, 4.69) is 19.1 Å². The van der Waals surface area contributed by atoms with Crippen LogP contribution in [0.15, 0.2) is 41.3 Å². The molecule has 188 valence electrons. The lowest BCUT2D eigenvalue weighted by atomic mass is 9.96. The molecule has 1 fully saturated rings. The van der Waals surface area contributed by atoms with E-state index in [0.29, 0.717) is 49.2 Å². The molecular formula is C25H31ClN4O3S2. The predicted molar refractivity (Wildman–Crippen MR) is 143 cm³/mol. The van der Waals surface area contributed by atoms with Crippen LogP contribution in [0, 0.1) is 19.8 Å². The molecule has 1 aliphatic rings. The molecule has 0 spiro atoms. The SMILES string of the molecule is Cc1cc(C)c2nc(N(CCN(C)C)C(=O)C3CCN(S(=O)(=O)c4ccc(Cl)cc4)CC3)sc2c1. The quantitative estimate of drug-likeness (QED) is 0.444. The highest BCUT2D eigenvalue weighted by Crippen LogP contribution is 2.34. The van der Waals surface area contributed by atoms with Gasteiger partial charge in [0.2, 0.25) is 15.9 Å². The molecule has 4 rings (SSSR count). The van der Waals surface area contributed by atoms with E-state index in [9.17, 15) is 13.2 Å². The molecule has 0 saturated carbocycles. The molecule has 0 N–H and O–H groups in total. The molecule has 35 heavy (non-hydrogen) atoms. The van der Waals surface area contributed by atoms with Gasteiger partial charge >= 0.3 is 0 Å². The number of piperidine rings is 1. The third-order valence-electron chi connectivity index (χ3n) is 6.34. The Hall–Kier alpha value is -2.04. The normalized spacial score (nSPS) is 15.7. The number of rotatable bonds is 7. The van der Waals surface area contributed by atoms with Crippen LogP contribution in [0.25, 0.3) is 10.2 Å². The largest absolute Gasteiger partial charge is 0.308 e. The van der Waals surface area contributed by atoms with Gasteiger partial charge in [0.1, 0.15) is 0 Å². The number of thiazole rings is 1. The molecular weight excluding hydrogens is 504 g/mol. The van der Waals surface area contributed by atoms with Gasteiger partial charge in [-0.15, -0.1) is 0 Å². The van der Waals surface area contributed by atoms with Crippen LogP contribution >= 0.6 is 22.9 Å². The molecule has 0 bridgehead atoms. The lowest BCUT2D eigenvalue weighted by Crippen LogP contribution is -2.46. The monoisotopic (exact) mass is 534 g/mol. The number of hydrogen-bond donors (Lipinski definition) is 0. The van der Waals surface area contributed by atoms with Gasteiger partial charge in [0, 0.05) is 37.1 Å². The van der Waals surface area contributed by atoms with E-state index in [4.69, 9.17) is 16.6 Å². The van der Waals surface area contributed by atoms with Crippen LogP contribution in [-0.2, 0) is 14.8 Å². The maximum absolute atomic E-state index is 13.7. The average molecular weight is 535 g/mol. The Labute approximate surface area is 216 Å². The topological polar surface area (TPSA) is 73.8 Å². The van der Waals surface area contributed by atoms with Crippen LogP contribution in [-0.4, -0.2) is 68.8 Å². The lowest BCUT2D eigenvalue weighted by Gasteiger charge is -2.33. The number of carbonyl (C=O) groups is 1. The van der Waals surface area contributed by atoms with E-state index in [-0.39, 0.29) is 16.7 Å². The maximum Gasteiger partial charge on any atom is 0.243 e. The van der Waals surface area contributed by atoms with Gasteiger partial charge in [0.05, 0.1) is 15.1 Å². The number of aryl methyl sites for hydroxylation is 2. The van der Waals surface area contributed by atoms with Crippen molar-refractivity contribution >= 4 is 54.2 Å². The number of anilines is 1. The van der Waals surface area contributed by atoms with Gasteiger partial charge < -0.3 is 4.90 Å². The molecule has 7 nitrogen and oxygen atoms in total. The van der Waals surface area contributed by atoms with Gasteiger partial charge in [-0.3, -0.25) is 9.69 Å². The predicted octanol–water partition coefficient (Wildman–Crippen LogP) is 4.56. The average Bonchev–Trinajstić information content (AvgIpc) is 3.23. The van der Waals surface area contributed by atoms with Crippen molar-refractivity contribution in [1.29, 1.82) is 0 Å². The zero-order valence-corrected chi connectivity index (χ0v) is 22.9. The summed E-state index contributed by atoms with van der Waals surface area (Å²) in [6.45, 7) is 5.97. The molecule has 0 radical (unpaired) electrons. The summed E-state index contributed by atoms with van der Waals surface area (Å²) in [6, 6.07) is 10.4. The molecule has 1 aliphatic heterocycles. The Morgan fingerprint density at radius 3 is 2.40 bits per heavy atom. The van der Waals surface area contributed by atoms with Crippen molar-refractivity contribution in [2.75, 3.05) is 45.2 Å². The van der Waals surface area contributed by atoms with Crippen LogP contribution in [0.5, 0.6) is 0 Å². The van der Waals surface area contributed by atoms with Crippen molar-refractivity contribution in [3.05, 3.63) is 52.5 Å². The maximum atomic E-state index is 13.7. The van der Waals surface area contributed by atoms with Gasteiger partial charge in [-0.25, -0.2) is 13.4 Å². The lowest BCUT2D eigenvalue weighted by molar-refractivity contribution is -0.123. The van der Waals surface area contributed by atoms with Crippen molar-refractivity contribution in [3.63, 3.8) is 0 Å². The van der Waals surface area contributed by atoms with E-state index in [0.717, 1.165) is 15.8 Å². The second-order valence-electron chi connectivity index (χ2n) is 9.35. The van der Waals surface area contributed by atoms with Crippen LogP contribution in [0.1, 0.15) is 24.0 Å². The molecule has 3 aromatic rings. The fourth-order valence-electron chi connectivity index (χ4n) is 4.39. The van der Waals surface area contributed by atoms with E-state index >= 15 is 0 Å². The summed E-state index contributed by atoms with van der Waals surface area (Å²) in [5.74, 6) is -0.229. The van der Waals surface area contributed by atoms with Crippen molar-refractivity contribution in [1.82, 2.24) is 14.2 Å². The fourth-order valence-corrected chi connectivity index (χ4v) is 7.16. The smallest absolute Gasteiger partial charge is 0.243 e. The van der Waals surface area contributed by atoms with Gasteiger partial charge in [-0.05, 0) is 82.2 Å². The number of carbonyl (C=O) groups excluding carboxylic acids is 1. The summed E-state index contributed by atoms with van der Waals surface area (Å²) in [7, 11) is 0.346. The van der Waals surface area contributed by atoms with Crippen LogP contribution in [0.3, 0.4) is 0 Å². The minimum Gasteiger partial charge on any atom is -0.308 e. The number of aromatic nitrogens is 1. The summed E-state index contributed by atoms with van der Waals surface area (Å²) >= 11 is 7.45. The van der Waals surface area contributed by atoms with Crippen molar-refractivity contribution in [3.8, 4) is 0 Å². The summed E-state index contributed by atoms with van der Waals surface area (Å²) < 4.78 is 28.6. The van der Waals surface area contributed by atoms with E-state index in [1.54, 1.807) is 17.0 Å². The molecule has 1 saturated heterocycles. The number of nitrogens with zero attached hydrogens (tertiary/aromatic N) is 4. The second kappa shape index (κ2) is 10.5. The zero-order valence-electron chi connectivity index (χ0n) is 20.5. The summed E-state index contributed by atoms with van der Waals surface area (Å²) in [5, 5.41) is 1.20. The Morgan fingerprint density at radius 1 is 1.11 bits per heavy atom. The second-order valence-corrected chi connectivity index (χ2v) is 12.7. The molecule has 2 heterocycles. The highest BCUT2D eigenvalue weighted by molar-refractivity contribution is 7.89. The first kappa shape index (κ1) is 26.0. The van der Waals surface area contributed by atoms with E-state index in [1.807, 2.05) is 25.9 Å². The molecule has 10 heteroatoms. The van der Waals surface area contributed by atoms with Crippen molar-refractivity contribution in [2.24, 2.45) is 5.92 Å². The van der Waals surface area contributed by atoms with Gasteiger partial charge in [-0.1, -0.05) is 29.0 Å². The number of halogens is 1.